The molecule has 1 saturated heterocycles. The lowest BCUT2D eigenvalue weighted by Gasteiger charge is -2.49. The van der Waals surface area contributed by atoms with E-state index < -0.39 is 36.0 Å². The molecule has 2 atom stereocenters. The lowest BCUT2D eigenvalue weighted by atomic mass is 9.98. The summed E-state index contributed by atoms with van der Waals surface area (Å²) < 4.78 is 5.49. The van der Waals surface area contributed by atoms with Gasteiger partial charge in [0, 0.05) is 11.7 Å². The van der Waals surface area contributed by atoms with Crippen molar-refractivity contribution >= 4 is 29.7 Å². The van der Waals surface area contributed by atoms with E-state index in [4.69, 9.17) is 4.74 Å². The molecule has 3 aliphatic rings. The Hall–Kier alpha value is -3.30. The van der Waals surface area contributed by atoms with E-state index in [9.17, 15) is 24.6 Å². The van der Waals surface area contributed by atoms with Crippen LogP contribution in [0.4, 0.5) is 4.79 Å². The first-order valence-electron chi connectivity index (χ1n) is 10.1. The summed E-state index contributed by atoms with van der Waals surface area (Å²) in [6.07, 6.45) is -0.723. The summed E-state index contributed by atoms with van der Waals surface area (Å²) in [5, 5.41) is 20.9. The van der Waals surface area contributed by atoms with Crippen LogP contribution in [0.2, 0.25) is 0 Å². The van der Waals surface area contributed by atoms with Crippen LogP contribution in [0.15, 0.2) is 59.8 Å². The van der Waals surface area contributed by atoms with Crippen LogP contribution in [-0.4, -0.2) is 63.5 Å². The second-order valence-electron chi connectivity index (χ2n) is 7.77. The van der Waals surface area contributed by atoms with Crippen LogP contribution in [0.5, 0.6) is 0 Å². The Morgan fingerprint density at radius 1 is 1.09 bits per heavy atom. The number of hydrogen-bond donors (Lipinski definition) is 3. The number of rotatable bonds is 5. The van der Waals surface area contributed by atoms with Crippen molar-refractivity contribution in [3.05, 3.63) is 70.9 Å². The highest BCUT2D eigenvalue weighted by Crippen LogP contribution is 2.44. The number of β-lactam (4-membered cyclic amide) rings is 1. The minimum Gasteiger partial charge on any atom is -0.477 e. The first-order chi connectivity index (χ1) is 15.5. The van der Waals surface area contributed by atoms with Gasteiger partial charge in [0.25, 0.3) is 5.91 Å². The van der Waals surface area contributed by atoms with Gasteiger partial charge < -0.3 is 20.3 Å². The molecule has 0 saturated carbocycles. The predicted octanol–water partition coefficient (Wildman–Crippen LogP) is 2.14. The molecule has 2 aromatic carbocycles. The van der Waals surface area contributed by atoms with Crippen molar-refractivity contribution < 1.29 is 29.3 Å². The SMILES string of the molecule is O=C(N[C@@H]1C(=O)N2C(C(=O)O)=C(CO)CS[C@H]12)OCC1c2ccccc2-c2ccccc21. The molecule has 1 aliphatic carbocycles. The molecule has 2 aliphatic heterocycles. The standard InChI is InChI=1S/C23H20N2O6S/c26-9-12-11-32-21-18(20(27)25(21)19(12)22(28)29)24-23(30)31-10-17-15-7-3-1-5-13(15)14-6-2-4-8-16(14)17/h1-8,17-18,21,26H,9-11H2,(H,24,30)(H,28,29)/t18-,21-/m1/s1. The maximum absolute atomic E-state index is 12.6. The van der Waals surface area contributed by atoms with Crippen molar-refractivity contribution in [1.29, 1.82) is 0 Å². The topological polar surface area (TPSA) is 116 Å². The second-order valence-corrected chi connectivity index (χ2v) is 8.88. The Kier molecular flexibility index (Phi) is 5.15. The fourth-order valence-corrected chi connectivity index (χ4v) is 5.91. The number of thioether (sulfide) groups is 1. The van der Waals surface area contributed by atoms with Gasteiger partial charge in [-0.1, -0.05) is 48.5 Å². The van der Waals surface area contributed by atoms with E-state index in [-0.39, 0.29) is 29.5 Å². The molecule has 164 valence electrons. The lowest BCUT2D eigenvalue weighted by molar-refractivity contribution is -0.149. The molecule has 0 spiro atoms. The van der Waals surface area contributed by atoms with E-state index in [1.165, 1.54) is 11.8 Å². The van der Waals surface area contributed by atoms with Crippen LogP contribution in [0.3, 0.4) is 0 Å². The van der Waals surface area contributed by atoms with Crippen molar-refractivity contribution in [2.24, 2.45) is 0 Å². The molecular weight excluding hydrogens is 432 g/mol. The number of aliphatic hydroxyl groups excluding tert-OH is 1. The highest BCUT2D eigenvalue weighted by Gasteiger charge is 2.54. The minimum atomic E-state index is -1.27. The molecule has 0 radical (unpaired) electrons. The van der Waals surface area contributed by atoms with Crippen LogP contribution in [0.25, 0.3) is 11.1 Å². The molecule has 9 heteroatoms. The third kappa shape index (κ3) is 3.16. The Labute approximate surface area is 187 Å². The fourth-order valence-electron chi connectivity index (χ4n) is 4.57. The number of benzene rings is 2. The normalized spacial score (nSPS) is 21.4. The Morgan fingerprint density at radius 2 is 1.72 bits per heavy atom. The van der Waals surface area contributed by atoms with Crippen molar-refractivity contribution in [3.63, 3.8) is 0 Å². The number of aliphatic hydroxyl groups is 1. The molecule has 32 heavy (non-hydrogen) atoms. The number of carboxylic acids is 1. The van der Waals surface area contributed by atoms with Crippen LogP contribution in [-0.2, 0) is 14.3 Å². The number of hydrogen-bond acceptors (Lipinski definition) is 6. The molecule has 0 bridgehead atoms. The number of nitrogens with one attached hydrogen (secondary N) is 1. The molecule has 3 N–H and O–H groups in total. The van der Waals surface area contributed by atoms with E-state index in [1.807, 2.05) is 48.5 Å². The largest absolute Gasteiger partial charge is 0.477 e. The number of aliphatic carboxylic acids is 1. The average molecular weight is 452 g/mol. The summed E-state index contributed by atoms with van der Waals surface area (Å²) >= 11 is 1.30. The van der Waals surface area contributed by atoms with Gasteiger partial charge in [0.05, 0.1) is 6.61 Å². The summed E-state index contributed by atoms with van der Waals surface area (Å²) in [4.78, 5) is 37.7. The van der Waals surface area contributed by atoms with Crippen LogP contribution in [0, 0.1) is 0 Å². The molecule has 2 heterocycles. The first kappa shape index (κ1) is 20.6. The van der Waals surface area contributed by atoms with Gasteiger partial charge in [-0.3, -0.25) is 9.69 Å². The van der Waals surface area contributed by atoms with Crippen LogP contribution in [0.1, 0.15) is 17.0 Å². The third-order valence-electron chi connectivity index (χ3n) is 6.06. The Bertz CT molecular complexity index is 1120. The van der Waals surface area contributed by atoms with E-state index in [0.717, 1.165) is 27.2 Å². The number of alkyl carbamates (subject to hydrolysis) is 1. The number of carboxylic acid groups (broad SMARTS) is 1. The van der Waals surface area contributed by atoms with Crippen LogP contribution >= 0.6 is 11.8 Å². The van der Waals surface area contributed by atoms with E-state index in [2.05, 4.69) is 5.32 Å². The molecule has 2 aromatic rings. The fraction of sp³-hybridized carbons (Fsp3) is 0.261. The van der Waals surface area contributed by atoms with Gasteiger partial charge in [0.1, 0.15) is 23.7 Å². The first-order valence-corrected chi connectivity index (χ1v) is 11.2. The lowest BCUT2D eigenvalue weighted by Crippen LogP contribution is -2.70. The number of carbonyl (C=O) groups excluding carboxylic acids is 2. The zero-order chi connectivity index (χ0) is 22.4. The molecule has 0 unspecified atom stereocenters. The van der Waals surface area contributed by atoms with Gasteiger partial charge in [-0.25, -0.2) is 9.59 Å². The van der Waals surface area contributed by atoms with Gasteiger partial charge in [-0.15, -0.1) is 11.8 Å². The van der Waals surface area contributed by atoms with E-state index in [0.29, 0.717) is 0 Å². The van der Waals surface area contributed by atoms with Gasteiger partial charge in [-0.05, 0) is 27.8 Å². The summed E-state index contributed by atoms with van der Waals surface area (Å²) in [5.74, 6) is -1.62. The molecule has 8 nitrogen and oxygen atoms in total. The zero-order valence-electron chi connectivity index (χ0n) is 16.9. The third-order valence-corrected chi connectivity index (χ3v) is 7.40. The van der Waals surface area contributed by atoms with Gasteiger partial charge in [-0.2, -0.15) is 0 Å². The summed E-state index contributed by atoms with van der Waals surface area (Å²) in [6, 6.07) is 15.1. The van der Waals surface area contributed by atoms with Gasteiger partial charge >= 0.3 is 12.1 Å². The quantitative estimate of drug-likeness (QED) is 0.595. The summed E-state index contributed by atoms with van der Waals surface area (Å²) in [5.41, 5.74) is 4.49. The Morgan fingerprint density at radius 3 is 2.31 bits per heavy atom. The molecule has 2 amide bonds. The number of nitrogens with zero attached hydrogens (tertiary/aromatic N) is 1. The van der Waals surface area contributed by atoms with Gasteiger partial charge in [0.2, 0.25) is 0 Å². The highest BCUT2D eigenvalue weighted by atomic mass is 32.2. The van der Waals surface area contributed by atoms with Crippen LogP contribution < -0.4 is 5.32 Å². The number of carbonyl (C=O) groups is 3. The molecule has 5 rings (SSSR count). The average Bonchev–Trinajstić information content (AvgIpc) is 3.13. The minimum absolute atomic E-state index is 0.0977. The maximum atomic E-state index is 12.6. The van der Waals surface area contributed by atoms with E-state index >= 15 is 0 Å². The smallest absolute Gasteiger partial charge is 0.407 e. The highest BCUT2D eigenvalue weighted by molar-refractivity contribution is 8.00. The number of fused-ring (bicyclic) bond motifs is 4. The molecular formula is C23H20N2O6S. The van der Waals surface area contributed by atoms with Crippen molar-refractivity contribution in [3.8, 4) is 11.1 Å². The molecule has 1 fully saturated rings. The van der Waals surface area contributed by atoms with E-state index in [1.54, 1.807) is 0 Å². The summed E-state index contributed by atoms with van der Waals surface area (Å²) in [7, 11) is 0. The van der Waals surface area contributed by atoms with Crippen molar-refractivity contribution in [2.75, 3.05) is 19.0 Å². The van der Waals surface area contributed by atoms with Crippen molar-refractivity contribution in [1.82, 2.24) is 10.2 Å². The van der Waals surface area contributed by atoms with Gasteiger partial charge in [0.15, 0.2) is 0 Å². The number of ether oxygens (including phenoxy) is 1. The monoisotopic (exact) mass is 452 g/mol. The number of amides is 2. The molecule has 0 aromatic heterocycles. The van der Waals surface area contributed by atoms with Crippen molar-refractivity contribution in [2.45, 2.75) is 17.3 Å². The Balaban J connectivity index is 1.26. The predicted molar refractivity (Wildman–Crippen MR) is 117 cm³/mol. The maximum Gasteiger partial charge on any atom is 0.407 e. The summed E-state index contributed by atoms with van der Waals surface area (Å²) in [6.45, 7) is -0.313. The zero-order valence-corrected chi connectivity index (χ0v) is 17.7. The second kappa shape index (κ2) is 7.99.